The van der Waals surface area contributed by atoms with E-state index >= 15 is 0 Å². The molecule has 0 aliphatic rings. The van der Waals surface area contributed by atoms with Gasteiger partial charge >= 0.3 is 0 Å². The fraction of sp³-hybridized carbons (Fsp3) is 0.0833. The molecule has 0 atom stereocenters. The second kappa shape index (κ2) is 9.06. The zero-order chi connectivity index (χ0) is 21.8. The number of ether oxygens (including phenoxy) is 1. The quantitative estimate of drug-likeness (QED) is 0.389. The van der Waals surface area contributed by atoms with Gasteiger partial charge in [-0.15, -0.1) is 0 Å². The lowest BCUT2D eigenvalue weighted by Gasteiger charge is -2.09. The number of rotatable bonds is 6. The average Bonchev–Trinajstić information content (AvgIpc) is 3.23. The van der Waals surface area contributed by atoms with Crippen LogP contribution in [0, 0.1) is 0 Å². The van der Waals surface area contributed by atoms with Crippen molar-refractivity contribution in [2.24, 2.45) is 0 Å². The van der Waals surface area contributed by atoms with Crippen molar-refractivity contribution in [2.75, 3.05) is 12.4 Å². The monoisotopic (exact) mass is 478 g/mol. The van der Waals surface area contributed by atoms with Crippen LogP contribution in [0.4, 0.5) is 5.69 Å². The predicted octanol–water partition coefficient (Wildman–Crippen LogP) is 5.39. The molecule has 0 aliphatic carbocycles. The average molecular weight is 479 g/mol. The van der Waals surface area contributed by atoms with Crippen LogP contribution in [0.1, 0.15) is 26.5 Å². The molecule has 2 amide bonds. The van der Waals surface area contributed by atoms with Crippen LogP contribution in [0.3, 0.4) is 0 Å². The van der Waals surface area contributed by atoms with Gasteiger partial charge in [0.1, 0.15) is 5.75 Å². The summed E-state index contributed by atoms with van der Waals surface area (Å²) in [6.45, 7) is 0.387. The predicted molar refractivity (Wildman–Crippen MR) is 122 cm³/mol. The first-order chi connectivity index (χ1) is 15.0. The molecule has 0 saturated heterocycles. The van der Waals surface area contributed by atoms with E-state index in [2.05, 4.69) is 26.6 Å². The van der Waals surface area contributed by atoms with Crippen molar-refractivity contribution in [3.8, 4) is 5.75 Å². The van der Waals surface area contributed by atoms with Gasteiger partial charge in [0.25, 0.3) is 11.8 Å². The molecule has 0 fully saturated rings. The SMILES string of the molecule is COc1ccc2cc(CNC(=O)c3cccc(NC(=O)c4ccc(Br)o4)c3)ccc2c1. The van der Waals surface area contributed by atoms with E-state index in [4.69, 9.17) is 9.15 Å². The smallest absolute Gasteiger partial charge is 0.291 e. The maximum atomic E-state index is 12.6. The van der Waals surface area contributed by atoms with Gasteiger partial charge in [-0.05, 0) is 80.8 Å². The summed E-state index contributed by atoms with van der Waals surface area (Å²) in [5.74, 6) is 0.360. The molecule has 1 heterocycles. The van der Waals surface area contributed by atoms with E-state index in [-0.39, 0.29) is 11.7 Å². The van der Waals surface area contributed by atoms with Crippen LogP contribution in [0.2, 0.25) is 0 Å². The third-order valence-electron chi connectivity index (χ3n) is 4.74. The van der Waals surface area contributed by atoms with Crippen molar-refractivity contribution in [1.82, 2.24) is 5.32 Å². The van der Waals surface area contributed by atoms with Crippen LogP contribution in [0.15, 0.2) is 81.9 Å². The van der Waals surface area contributed by atoms with Crippen LogP contribution in [-0.2, 0) is 6.54 Å². The van der Waals surface area contributed by atoms with Gasteiger partial charge in [0, 0.05) is 17.8 Å². The maximum Gasteiger partial charge on any atom is 0.291 e. The number of carbonyl (C=O) groups is 2. The highest BCUT2D eigenvalue weighted by Crippen LogP contribution is 2.22. The Hall–Kier alpha value is -3.58. The highest BCUT2D eigenvalue weighted by atomic mass is 79.9. The lowest BCUT2D eigenvalue weighted by atomic mass is 10.1. The van der Waals surface area contributed by atoms with Crippen LogP contribution < -0.4 is 15.4 Å². The molecule has 1 aromatic heterocycles. The third kappa shape index (κ3) is 4.95. The minimum Gasteiger partial charge on any atom is -0.497 e. The van der Waals surface area contributed by atoms with Gasteiger partial charge in [0.05, 0.1) is 7.11 Å². The number of anilines is 1. The van der Waals surface area contributed by atoms with E-state index in [0.29, 0.717) is 22.5 Å². The number of hydrogen-bond donors (Lipinski definition) is 2. The van der Waals surface area contributed by atoms with Crippen molar-refractivity contribution < 1.29 is 18.7 Å². The molecular formula is C24H19BrN2O4. The van der Waals surface area contributed by atoms with Gasteiger partial charge in [-0.3, -0.25) is 9.59 Å². The number of methoxy groups -OCH3 is 1. The highest BCUT2D eigenvalue weighted by molar-refractivity contribution is 9.10. The number of benzene rings is 3. The molecule has 6 nitrogen and oxygen atoms in total. The summed E-state index contributed by atoms with van der Waals surface area (Å²) in [7, 11) is 1.64. The van der Waals surface area contributed by atoms with Gasteiger partial charge in [0.15, 0.2) is 10.4 Å². The summed E-state index contributed by atoms with van der Waals surface area (Å²) in [5.41, 5.74) is 1.94. The number of fused-ring (bicyclic) bond motifs is 1. The highest BCUT2D eigenvalue weighted by Gasteiger charge is 2.12. The van der Waals surface area contributed by atoms with E-state index in [1.165, 1.54) is 0 Å². The van der Waals surface area contributed by atoms with E-state index in [1.54, 1.807) is 43.5 Å². The molecule has 31 heavy (non-hydrogen) atoms. The Kier molecular flexibility index (Phi) is 6.04. The van der Waals surface area contributed by atoms with Gasteiger partial charge < -0.3 is 19.8 Å². The van der Waals surface area contributed by atoms with Gasteiger partial charge in [-0.1, -0.05) is 24.3 Å². The Morgan fingerprint density at radius 3 is 2.52 bits per heavy atom. The minimum absolute atomic E-state index is 0.177. The topological polar surface area (TPSA) is 80.6 Å². The molecule has 3 aromatic carbocycles. The molecule has 4 rings (SSSR count). The zero-order valence-electron chi connectivity index (χ0n) is 16.6. The van der Waals surface area contributed by atoms with E-state index in [1.807, 2.05) is 36.4 Å². The largest absolute Gasteiger partial charge is 0.497 e. The fourth-order valence-electron chi connectivity index (χ4n) is 3.16. The third-order valence-corrected chi connectivity index (χ3v) is 5.17. The normalized spacial score (nSPS) is 10.6. The lowest BCUT2D eigenvalue weighted by molar-refractivity contribution is 0.0949. The van der Waals surface area contributed by atoms with Gasteiger partial charge in [-0.25, -0.2) is 0 Å². The standard InChI is InChI=1S/C24H19BrN2O4/c1-30-20-8-7-16-11-15(5-6-17(16)13-20)14-26-23(28)18-3-2-4-19(12-18)27-24(29)21-9-10-22(25)31-21/h2-13H,14H2,1H3,(H,26,28)(H,27,29). The van der Waals surface area contributed by atoms with E-state index in [9.17, 15) is 9.59 Å². The molecule has 0 spiro atoms. The number of hydrogen-bond acceptors (Lipinski definition) is 4. The molecule has 0 saturated carbocycles. The summed E-state index contributed by atoms with van der Waals surface area (Å²) in [6, 6.07) is 21.8. The van der Waals surface area contributed by atoms with Crippen LogP contribution in [-0.4, -0.2) is 18.9 Å². The summed E-state index contributed by atoms with van der Waals surface area (Å²) >= 11 is 3.17. The molecule has 0 radical (unpaired) electrons. The molecule has 7 heteroatoms. The lowest BCUT2D eigenvalue weighted by Crippen LogP contribution is -2.23. The van der Waals surface area contributed by atoms with Gasteiger partial charge in [-0.2, -0.15) is 0 Å². The second-order valence-electron chi connectivity index (χ2n) is 6.87. The second-order valence-corrected chi connectivity index (χ2v) is 7.65. The molecule has 0 unspecified atom stereocenters. The van der Waals surface area contributed by atoms with E-state index < -0.39 is 5.91 Å². The van der Waals surface area contributed by atoms with Crippen LogP contribution in [0.25, 0.3) is 10.8 Å². The Balaban J connectivity index is 1.41. The molecule has 0 aliphatic heterocycles. The number of carbonyl (C=O) groups excluding carboxylic acids is 2. The summed E-state index contributed by atoms with van der Waals surface area (Å²) < 4.78 is 11.0. The molecule has 2 N–H and O–H groups in total. The van der Waals surface area contributed by atoms with Crippen LogP contribution in [0.5, 0.6) is 5.75 Å². The first-order valence-corrected chi connectivity index (χ1v) is 10.3. The first-order valence-electron chi connectivity index (χ1n) is 9.53. The summed E-state index contributed by atoms with van der Waals surface area (Å²) in [6.07, 6.45) is 0. The molecule has 4 aromatic rings. The number of nitrogens with one attached hydrogen (secondary N) is 2. The van der Waals surface area contributed by atoms with Gasteiger partial charge in [0.2, 0.25) is 0 Å². The molecule has 0 bridgehead atoms. The fourth-order valence-corrected chi connectivity index (χ4v) is 3.47. The Labute approximate surface area is 187 Å². The van der Waals surface area contributed by atoms with Crippen molar-refractivity contribution in [1.29, 1.82) is 0 Å². The summed E-state index contributed by atoms with van der Waals surface area (Å²) in [4.78, 5) is 24.8. The Morgan fingerprint density at radius 1 is 0.935 bits per heavy atom. The Bertz CT molecular complexity index is 1270. The Morgan fingerprint density at radius 2 is 1.74 bits per heavy atom. The van der Waals surface area contributed by atoms with Crippen molar-refractivity contribution in [3.05, 3.63) is 94.4 Å². The van der Waals surface area contributed by atoms with Crippen molar-refractivity contribution in [3.63, 3.8) is 0 Å². The molecule has 156 valence electrons. The summed E-state index contributed by atoms with van der Waals surface area (Å²) in [5, 5.41) is 7.79. The van der Waals surface area contributed by atoms with Crippen molar-refractivity contribution >= 4 is 44.2 Å². The maximum absolute atomic E-state index is 12.6. The van der Waals surface area contributed by atoms with Crippen molar-refractivity contribution in [2.45, 2.75) is 6.54 Å². The number of halogens is 1. The van der Waals surface area contributed by atoms with Crippen LogP contribution >= 0.6 is 15.9 Å². The minimum atomic E-state index is -0.393. The number of amides is 2. The first kappa shape index (κ1) is 20.7. The number of furan rings is 1. The zero-order valence-corrected chi connectivity index (χ0v) is 18.2. The van der Waals surface area contributed by atoms with E-state index in [0.717, 1.165) is 22.1 Å². The molecular weight excluding hydrogens is 460 g/mol.